The van der Waals surface area contributed by atoms with Gasteiger partial charge in [-0.3, -0.25) is 19.6 Å². The lowest BCUT2D eigenvalue weighted by Gasteiger charge is -2.02. The van der Waals surface area contributed by atoms with E-state index in [0.717, 1.165) is 16.7 Å². The summed E-state index contributed by atoms with van der Waals surface area (Å²) >= 11 is 0. The molecule has 0 spiro atoms. The van der Waals surface area contributed by atoms with Gasteiger partial charge in [0, 0.05) is 18.3 Å². The second kappa shape index (κ2) is 8.05. The normalized spacial score (nSPS) is 10.9. The molecular formula is C19H17N5O3. The Kier molecular flexibility index (Phi) is 5.36. The Morgan fingerprint density at radius 3 is 2.67 bits per heavy atom. The van der Waals surface area contributed by atoms with Crippen LogP contribution in [0.5, 0.6) is 0 Å². The molecule has 0 saturated heterocycles. The zero-order valence-corrected chi connectivity index (χ0v) is 14.6. The average Bonchev–Trinajstić information content (AvgIpc) is 3.12. The summed E-state index contributed by atoms with van der Waals surface area (Å²) in [5, 5.41) is 18.8. The van der Waals surface area contributed by atoms with Crippen LogP contribution in [0.1, 0.15) is 27.2 Å². The lowest BCUT2D eigenvalue weighted by Crippen LogP contribution is -2.18. The summed E-state index contributed by atoms with van der Waals surface area (Å²) in [4.78, 5) is 22.4. The monoisotopic (exact) mass is 363 g/mol. The Morgan fingerprint density at radius 2 is 1.96 bits per heavy atom. The molecule has 0 fully saturated rings. The van der Waals surface area contributed by atoms with E-state index in [1.807, 2.05) is 31.2 Å². The molecule has 0 unspecified atom stereocenters. The molecule has 8 nitrogen and oxygen atoms in total. The number of nitro benzene ring substituents is 1. The zero-order chi connectivity index (χ0) is 19.2. The smallest absolute Gasteiger partial charge is 0.268 e. The van der Waals surface area contributed by atoms with Crippen molar-refractivity contribution >= 4 is 17.8 Å². The molecule has 1 amide bonds. The molecule has 0 saturated carbocycles. The van der Waals surface area contributed by atoms with Crippen molar-refractivity contribution < 1.29 is 9.72 Å². The predicted molar refractivity (Wildman–Crippen MR) is 101 cm³/mol. The molecule has 0 radical (unpaired) electrons. The van der Waals surface area contributed by atoms with Crippen LogP contribution in [0.25, 0.3) is 0 Å². The summed E-state index contributed by atoms with van der Waals surface area (Å²) in [5.41, 5.74) is 5.54. The number of aryl methyl sites for hydroxylation is 1. The van der Waals surface area contributed by atoms with Crippen molar-refractivity contribution in [3.8, 4) is 0 Å². The molecule has 0 atom stereocenters. The van der Waals surface area contributed by atoms with Gasteiger partial charge in [0.15, 0.2) is 5.69 Å². The first kappa shape index (κ1) is 18.0. The maximum Gasteiger partial charge on any atom is 0.291 e. The predicted octanol–water partition coefficient (Wildman–Crippen LogP) is 2.91. The molecule has 0 aliphatic carbocycles. The minimum atomic E-state index is -0.447. The molecule has 0 bridgehead atoms. The molecular weight excluding hydrogens is 346 g/mol. The van der Waals surface area contributed by atoms with Gasteiger partial charge in [0.1, 0.15) is 0 Å². The van der Waals surface area contributed by atoms with E-state index < -0.39 is 10.8 Å². The van der Waals surface area contributed by atoms with E-state index in [-0.39, 0.29) is 11.4 Å². The molecule has 0 aliphatic heterocycles. The third-order valence-corrected chi connectivity index (χ3v) is 3.92. The Bertz CT molecular complexity index is 993. The molecule has 1 N–H and O–H groups in total. The van der Waals surface area contributed by atoms with Gasteiger partial charge in [-0.15, -0.1) is 0 Å². The van der Waals surface area contributed by atoms with Crippen molar-refractivity contribution in [3.63, 3.8) is 0 Å². The highest BCUT2D eigenvalue weighted by molar-refractivity contribution is 5.93. The molecule has 3 aromatic rings. The second-order valence-corrected chi connectivity index (χ2v) is 5.88. The van der Waals surface area contributed by atoms with Crippen LogP contribution >= 0.6 is 0 Å². The van der Waals surface area contributed by atoms with Gasteiger partial charge in [-0.25, -0.2) is 5.43 Å². The van der Waals surface area contributed by atoms with E-state index in [4.69, 9.17) is 0 Å². The van der Waals surface area contributed by atoms with Crippen LogP contribution < -0.4 is 5.43 Å². The van der Waals surface area contributed by atoms with E-state index in [0.29, 0.717) is 6.54 Å². The number of hydrogen-bond donors (Lipinski definition) is 1. The number of carbonyl (C=O) groups is 1. The lowest BCUT2D eigenvalue weighted by molar-refractivity contribution is -0.384. The quantitative estimate of drug-likeness (QED) is 0.413. The molecule has 3 rings (SSSR count). The zero-order valence-electron chi connectivity index (χ0n) is 14.6. The minimum absolute atomic E-state index is 0.0331. The summed E-state index contributed by atoms with van der Waals surface area (Å²) in [6.07, 6.45) is 3.25. The highest BCUT2D eigenvalue weighted by Gasteiger charge is 2.09. The van der Waals surface area contributed by atoms with Crippen LogP contribution in [0, 0.1) is 17.0 Å². The SMILES string of the molecule is Cc1ccccc1C=NNC(=O)c1ccn(Cc2ccc([N+](=O)[O-])cc2)n1. The number of amides is 1. The van der Waals surface area contributed by atoms with Gasteiger partial charge in [0.25, 0.3) is 11.6 Å². The number of nitrogens with one attached hydrogen (secondary N) is 1. The number of non-ortho nitro benzene ring substituents is 1. The van der Waals surface area contributed by atoms with Crippen LogP contribution in [-0.2, 0) is 6.54 Å². The van der Waals surface area contributed by atoms with Crippen LogP contribution in [0.3, 0.4) is 0 Å². The van der Waals surface area contributed by atoms with Crippen molar-refractivity contribution in [2.75, 3.05) is 0 Å². The van der Waals surface area contributed by atoms with Crippen molar-refractivity contribution in [1.29, 1.82) is 0 Å². The van der Waals surface area contributed by atoms with E-state index in [1.54, 1.807) is 35.3 Å². The van der Waals surface area contributed by atoms with Crippen LogP contribution in [0.15, 0.2) is 65.9 Å². The average molecular weight is 363 g/mol. The van der Waals surface area contributed by atoms with Crippen molar-refractivity contribution in [1.82, 2.24) is 15.2 Å². The van der Waals surface area contributed by atoms with Gasteiger partial charge in [-0.05, 0) is 29.7 Å². The maximum absolute atomic E-state index is 12.1. The fourth-order valence-corrected chi connectivity index (χ4v) is 2.43. The summed E-state index contributed by atoms with van der Waals surface area (Å²) in [6.45, 7) is 2.36. The fourth-order valence-electron chi connectivity index (χ4n) is 2.43. The number of carbonyl (C=O) groups excluding carboxylic acids is 1. The Morgan fingerprint density at radius 1 is 1.22 bits per heavy atom. The maximum atomic E-state index is 12.1. The number of hydrogen-bond acceptors (Lipinski definition) is 5. The highest BCUT2D eigenvalue weighted by Crippen LogP contribution is 2.12. The summed E-state index contributed by atoms with van der Waals surface area (Å²) < 4.78 is 1.58. The second-order valence-electron chi connectivity index (χ2n) is 5.88. The Balaban J connectivity index is 1.60. The number of aromatic nitrogens is 2. The van der Waals surface area contributed by atoms with Gasteiger partial charge in [-0.1, -0.05) is 36.4 Å². The molecule has 2 aromatic carbocycles. The molecule has 8 heteroatoms. The van der Waals surface area contributed by atoms with Crippen LogP contribution in [0.2, 0.25) is 0 Å². The number of nitrogens with zero attached hydrogens (tertiary/aromatic N) is 4. The van der Waals surface area contributed by atoms with Gasteiger partial charge in [0.2, 0.25) is 0 Å². The number of nitro groups is 1. The van der Waals surface area contributed by atoms with Crippen LogP contribution in [-0.4, -0.2) is 26.8 Å². The lowest BCUT2D eigenvalue weighted by atomic mass is 10.1. The minimum Gasteiger partial charge on any atom is -0.268 e. The van der Waals surface area contributed by atoms with E-state index in [9.17, 15) is 14.9 Å². The summed E-state index contributed by atoms with van der Waals surface area (Å²) in [6, 6.07) is 15.5. The van der Waals surface area contributed by atoms with Gasteiger partial charge >= 0.3 is 0 Å². The van der Waals surface area contributed by atoms with Gasteiger partial charge < -0.3 is 0 Å². The van der Waals surface area contributed by atoms with E-state index >= 15 is 0 Å². The molecule has 27 heavy (non-hydrogen) atoms. The molecule has 136 valence electrons. The Hall–Kier alpha value is -3.81. The molecule has 1 aromatic heterocycles. The first-order chi connectivity index (χ1) is 13.0. The molecule has 0 aliphatic rings. The van der Waals surface area contributed by atoms with Gasteiger partial charge in [0.05, 0.1) is 17.7 Å². The summed E-state index contributed by atoms with van der Waals surface area (Å²) in [7, 11) is 0. The third-order valence-electron chi connectivity index (χ3n) is 3.92. The topological polar surface area (TPSA) is 102 Å². The molecule has 1 heterocycles. The largest absolute Gasteiger partial charge is 0.291 e. The van der Waals surface area contributed by atoms with E-state index in [1.165, 1.54) is 12.1 Å². The van der Waals surface area contributed by atoms with E-state index in [2.05, 4.69) is 15.6 Å². The first-order valence-corrected chi connectivity index (χ1v) is 8.19. The number of rotatable bonds is 6. The summed E-state index contributed by atoms with van der Waals surface area (Å²) in [5.74, 6) is -0.415. The Labute approximate surface area is 155 Å². The van der Waals surface area contributed by atoms with Crippen LogP contribution in [0.4, 0.5) is 5.69 Å². The van der Waals surface area contributed by atoms with Gasteiger partial charge in [-0.2, -0.15) is 10.2 Å². The van der Waals surface area contributed by atoms with Crippen molar-refractivity contribution in [3.05, 3.63) is 93.3 Å². The number of benzene rings is 2. The standard InChI is InChI=1S/C19H17N5O3/c1-14-4-2-3-5-16(14)12-20-21-19(25)18-10-11-23(22-18)13-15-6-8-17(9-7-15)24(26)27/h2-12H,13H2,1H3,(H,21,25). The fraction of sp³-hybridized carbons (Fsp3) is 0.105. The highest BCUT2D eigenvalue weighted by atomic mass is 16.6. The van der Waals surface area contributed by atoms with Crippen molar-refractivity contribution in [2.45, 2.75) is 13.5 Å². The third kappa shape index (κ3) is 4.63. The van der Waals surface area contributed by atoms with Crippen molar-refractivity contribution in [2.24, 2.45) is 5.10 Å². The number of hydrazone groups is 1. The first-order valence-electron chi connectivity index (χ1n) is 8.19.